The molecule has 5 heteroatoms. The number of phenols is 1. The number of hydrogen-bond acceptors (Lipinski definition) is 4. The normalized spacial score (nSPS) is 10.7. The Bertz CT molecular complexity index is 683. The lowest BCUT2D eigenvalue weighted by atomic mass is 10.1. The quantitative estimate of drug-likeness (QED) is 0.673. The molecule has 0 aliphatic rings. The number of ether oxygens (including phenoxy) is 1. The number of methoxy groups -OCH3 is 1. The van der Waals surface area contributed by atoms with Gasteiger partial charge in [0.15, 0.2) is 0 Å². The highest BCUT2D eigenvalue weighted by atomic mass is 16.5. The predicted molar refractivity (Wildman–Crippen MR) is 85.6 cm³/mol. The molecule has 0 aliphatic carbocycles. The largest absolute Gasteiger partial charge is 0.507 e. The van der Waals surface area contributed by atoms with E-state index in [-0.39, 0.29) is 11.7 Å². The molecule has 0 unspecified atom stereocenters. The first-order chi connectivity index (χ1) is 10.5. The van der Waals surface area contributed by atoms with E-state index >= 15 is 0 Å². The van der Waals surface area contributed by atoms with E-state index in [1.165, 1.54) is 0 Å². The maximum absolute atomic E-state index is 11.9. The molecule has 0 radical (unpaired) electrons. The summed E-state index contributed by atoms with van der Waals surface area (Å²) in [5.74, 6) is 0.667. The maximum atomic E-state index is 11.9. The van der Waals surface area contributed by atoms with Crippen LogP contribution in [0.3, 0.4) is 0 Å². The van der Waals surface area contributed by atoms with Crippen molar-refractivity contribution < 1.29 is 14.6 Å². The number of hydrazone groups is 1. The first-order valence-corrected chi connectivity index (χ1v) is 6.79. The van der Waals surface area contributed by atoms with Crippen molar-refractivity contribution in [2.24, 2.45) is 5.10 Å². The average molecular weight is 298 g/mol. The zero-order valence-corrected chi connectivity index (χ0v) is 12.8. The molecule has 0 saturated carbocycles. The number of benzene rings is 2. The monoisotopic (exact) mass is 298 g/mol. The molecule has 114 valence electrons. The third kappa shape index (κ3) is 3.63. The minimum atomic E-state index is -0.300. The molecule has 1 amide bonds. The molecule has 0 aliphatic heterocycles. The molecular weight excluding hydrogens is 280 g/mol. The van der Waals surface area contributed by atoms with Crippen LogP contribution < -0.4 is 10.2 Å². The van der Waals surface area contributed by atoms with Gasteiger partial charge >= 0.3 is 0 Å². The van der Waals surface area contributed by atoms with Crippen molar-refractivity contribution in [1.29, 1.82) is 0 Å². The Morgan fingerprint density at radius 3 is 2.32 bits per heavy atom. The summed E-state index contributed by atoms with van der Waals surface area (Å²) in [5.41, 5.74) is 5.30. The van der Waals surface area contributed by atoms with Gasteiger partial charge in [-0.25, -0.2) is 5.43 Å². The van der Waals surface area contributed by atoms with Gasteiger partial charge in [-0.05, 0) is 66.9 Å². The molecule has 0 fully saturated rings. The van der Waals surface area contributed by atoms with Crippen LogP contribution in [0.4, 0.5) is 0 Å². The molecule has 2 N–H and O–H groups in total. The maximum Gasteiger partial charge on any atom is 0.271 e. The Labute approximate surface area is 129 Å². The Morgan fingerprint density at radius 2 is 1.77 bits per heavy atom. The summed E-state index contributed by atoms with van der Waals surface area (Å²) < 4.78 is 5.04. The number of rotatable bonds is 4. The smallest absolute Gasteiger partial charge is 0.271 e. The SMILES string of the molecule is COc1ccc(C(=O)N/N=C\c2cc(C)c(O)c(C)c2)cc1. The number of aryl methyl sites for hydroxylation is 2. The molecule has 0 spiro atoms. The van der Waals surface area contributed by atoms with Gasteiger partial charge in [0.05, 0.1) is 13.3 Å². The highest BCUT2D eigenvalue weighted by Gasteiger charge is 2.04. The summed E-state index contributed by atoms with van der Waals surface area (Å²) in [4.78, 5) is 11.9. The van der Waals surface area contributed by atoms with Crippen LogP contribution in [0.25, 0.3) is 0 Å². The van der Waals surface area contributed by atoms with Gasteiger partial charge in [-0.1, -0.05) is 0 Å². The molecule has 0 saturated heterocycles. The van der Waals surface area contributed by atoms with Crippen LogP contribution in [-0.2, 0) is 0 Å². The van der Waals surface area contributed by atoms with Crippen molar-refractivity contribution in [2.75, 3.05) is 7.11 Å². The van der Waals surface area contributed by atoms with Crippen molar-refractivity contribution >= 4 is 12.1 Å². The van der Waals surface area contributed by atoms with E-state index < -0.39 is 0 Å². The van der Waals surface area contributed by atoms with Crippen LogP contribution >= 0.6 is 0 Å². The molecule has 0 bridgehead atoms. The number of aromatic hydroxyl groups is 1. The number of hydrogen-bond donors (Lipinski definition) is 2. The minimum Gasteiger partial charge on any atom is -0.507 e. The van der Waals surface area contributed by atoms with E-state index in [0.29, 0.717) is 11.3 Å². The lowest BCUT2D eigenvalue weighted by Crippen LogP contribution is -2.17. The molecular formula is C17H18N2O3. The molecule has 0 heterocycles. The van der Waals surface area contributed by atoms with E-state index in [1.54, 1.807) is 49.7 Å². The first kappa shape index (κ1) is 15.6. The molecule has 22 heavy (non-hydrogen) atoms. The Hall–Kier alpha value is -2.82. The number of phenolic OH excluding ortho intramolecular Hbond substituents is 1. The van der Waals surface area contributed by atoms with E-state index in [2.05, 4.69) is 10.5 Å². The van der Waals surface area contributed by atoms with Crippen molar-refractivity contribution in [2.45, 2.75) is 13.8 Å². The zero-order valence-electron chi connectivity index (χ0n) is 12.8. The second-order valence-electron chi connectivity index (χ2n) is 4.93. The van der Waals surface area contributed by atoms with Crippen LogP contribution in [-0.4, -0.2) is 24.3 Å². The van der Waals surface area contributed by atoms with Gasteiger partial charge in [0.1, 0.15) is 11.5 Å². The first-order valence-electron chi connectivity index (χ1n) is 6.79. The zero-order chi connectivity index (χ0) is 16.1. The Kier molecular flexibility index (Phi) is 4.78. The third-order valence-corrected chi connectivity index (χ3v) is 3.25. The average Bonchev–Trinajstić information content (AvgIpc) is 2.52. The lowest BCUT2D eigenvalue weighted by Gasteiger charge is -2.05. The van der Waals surface area contributed by atoms with Crippen LogP contribution in [0.5, 0.6) is 11.5 Å². The van der Waals surface area contributed by atoms with Gasteiger partial charge in [-0.2, -0.15) is 5.10 Å². The summed E-state index contributed by atoms with van der Waals surface area (Å²) in [7, 11) is 1.57. The van der Waals surface area contributed by atoms with Gasteiger partial charge < -0.3 is 9.84 Å². The molecule has 2 rings (SSSR count). The number of carbonyl (C=O) groups excluding carboxylic acids is 1. The summed E-state index contributed by atoms with van der Waals surface area (Å²) in [6, 6.07) is 10.4. The van der Waals surface area contributed by atoms with Crippen LogP contribution in [0.15, 0.2) is 41.5 Å². The highest BCUT2D eigenvalue weighted by Crippen LogP contribution is 2.22. The molecule has 2 aromatic carbocycles. The fraction of sp³-hybridized carbons (Fsp3) is 0.176. The molecule has 0 atom stereocenters. The van der Waals surface area contributed by atoms with E-state index in [9.17, 15) is 9.90 Å². The molecule has 0 aromatic heterocycles. The van der Waals surface area contributed by atoms with Gasteiger partial charge in [0.25, 0.3) is 5.91 Å². The fourth-order valence-corrected chi connectivity index (χ4v) is 2.04. The van der Waals surface area contributed by atoms with E-state index in [0.717, 1.165) is 16.7 Å². The minimum absolute atomic E-state index is 0.277. The van der Waals surface area contributed by atoms with Crippen LogP contribution in [0, 0.1) is 13.8 Å². The number of carbonyl (C=O) groups is 1. The Balaban J connectivity index is 2.03. The van der Waals surface area contributed by atoms with E-state index in [4.69, 9.17) is 4.74 Å². The Morgan fingerprint density at radius 1 is 1.18 bits per heavy atom. The van der Waals surface area contributed by atoms with Crippen LogP contribution in [0.2, 0.25) is 0 Å². The van der Waals surface area contributed by atoms with Gasteiger partial charge in [-0.3, -0.25) is 4.79 Å². The van der Waals surface area contributed by atoms with Gasteiger partial charge in [0.2, 0.25) is 0 Å². The van der Waals surface area contributed by atoms with Gasteiger partial charge in [0, 0.05) is 5.56 Å². The third-order valence-electron chi connectivity index (χ3n) is 3.25. The summed E-state index contributed by atoms with van der Waals surface area (Å²) in [5, 5.41) is 13.6. The molecule has 2 aromatic rings. The second-order valence-corrected chi connectivity index (χ2v) is 4.93. The number of nitrogens with zero attached hydrogens (tertiary/aromatic N) is 1. The van der Waals surface area contributed by atoms with Crippen LogP contribution in [0.1, 0.15) is 27.0 Å². The van der Waals surface area contributed by atoms with Crippen molar-refractivity contribution in [3.05, 3.63) is 58.7 Å². The van der Waals surface area contributed by atoms with E-state index in [1.807, 2.05) is 13.8 Å². The summed E-state index contributed by atoms with van der Waals surface area (Å²) in [6.07, 6.45) is 1.54. The highest BCUT2D eigenvalue weighted by molar-refractivity contribution is 5.95. The predicted octanol–water partition coefficient (Wildman–Crippen LogP) is 2.78. The topological polar surface area (TPSA) is 70.9 Å². The number of nitrogens with one attached hydrogen (secondary N) is 1. The van der Waals surface area contributed by atoms with Crippen molar-refractivity contribution in [3.8, 4) is 11.5 Å². The summed E-state index contributed by atoms with van der Waals surface area (Å²) in [6.45, 7) is 3.63. The second kappa shape index (κ2) is 6.76. The fourth-order valence-electron chi connectivity index (χ4n) is 2.04. The van der Waals surface area contributed by atoms with Crippen molar-refractivity contribution in [3.63, 3.8) is 0 Å². The standard InChI is InChI=1S/C17H18N2O3/c1-11-8-13(9-12(2)16(11)20)10-18-19-17(21)14-4-6-15(22-3)7-5-14/h4-10,20H,1-3H3,(H,19,21)/b18-10-. The van der Waals surface area contributed by atoms with Crippen molar-refractivity contribution in [1.82, 2.24) is 5.43 Å². The lowest BCUT2D eigenvalue weighted by molar-refractivity contribution is 0.0955. The van der Waals surface area contributed by atoms with Gasteiger partial charge in [-0.15, -0.1) is 0 Å². The summed E-state index contributed by atoms with van der Waals surface area (Å²) >= 11 is 0. The molecule has 5 nitrogen and oxygen atoms in total. The number of amides is 1.